The van der Waals surface area contributed by atoms with Crippen LogP contribution in [0.5, 0.6) is 17.2 Å². The van der Waals surface area contributed by atoms with Crippen molar-refractivity contribution in [3.05, 3.63) is 57.9 Å². The van der Waals surface area contributed by atoms with Crippen molar-refractivity contribution in [2.75, 3.05) is 12.9 Å². The summed E-state index contributed by atoms with van der Waals surface area (Å²) < 4.78 is 15.9. The number of hydrogen-bond donors (Lipinski definition) is 2. The van der Waals surface area contributed by atoms with E-state index in [1.807, 2.05) is 0 Å². The number of aromatic nitrogens is 2. The van der Waals surface area contributed by atoms with Gasteiger partial charge in [0.25, 0.3) is 17.0 Å². The van der Waals surface area contributed by atoms with Crippen LogP contribution in [-0.4, -0.2) is 40.3 Å². The first-order valence-corrected chi connectivity index (χ1v) is 10.4. The highest BCUT2D eigenvalue weighted by molar-refractivity contribution is 7.99. The van der Waals surface area contributed by atoms with E-state index >= 15 is 0 Å². The number of ether oxygens (including phenoxy) is 2. The molecule has 0 aliphatic carbocycles. The fraction of sp³-hybridized carbons (Fsp3) is 0.158. The Morgan fingerprint density at radius 1 is 1.26 bits per heavy atom. The maximum absolute atomic E-state index is 11.9. The first-order valence-electron chi connectivity index (χ1n) is 8.66. The standard InChI is InChI=1S/C19H16Cl2N4O5S/c1-28-16-6-11(2-4-14(16)26)8-22-23-17(27)10-31-19-25-24-18(30-19)9-29-15-5-3-12(20)7-13(15)21/h2-8,26H,9-10H2,1H3,(H,23,27)/b22-8-. The van der Waals surface area contributed by atoms with Crippen LogP contribution in [0.1, 0.15) is 11.5 Å². The predicted octanol–water partition coefficient (Wildman–Crippen LogP) is 3.91. The van der Waals surface area contributed by atoms with Gasteiger partial charge in [0, 0.05) is 5.02 Å². The maximum atomic E-state index is 11.9. The quantitative estimate of drug-likeness (QED) is 0.267. The molecule has 162 valence electrons. The maximum Gasteiger partial charge on any atom is 0.277 e. The molecule has 2 aromatic carbocycles. The summed E-state index contributed by atoms with van der Waals surface area (Å²) in [6, 6.07) is 9.52. The molecule has 0 bridgehead atoms. The number of phenolic OH excluding ortho intramolecular Hbond substituents is 1. The minimum atomic E-state index is -0.365. The van der Waals surface area contributed by atoms with Crippen molar-refractivity contribution in [3.8, 4) is 17.2 Å². The fourth-order valence-electron chi connectivity index (χ4n) is 2.20. The largest absolute Gasteiger partial charge is 0.504 e. The van der Waals surface area contributed by atoms with Crippen molar-refractivity contribution in [3.63, 3.8) is 0 Å². The number of nitrogens with one attached hydrogen (secondary N) is 1. The second-order valence-corrected chi connectivity index (χ2v) is 7.61. The molecular formula is C19H16Cl2N4O5S. The van der Waals surface area contributed by atoms with Gasteiger partial charge in [-0.2, -0.15) is 5.10 Å². The third-order valence-corrected chi connectivity index (χ3v) is 4.98. The molecule has 0 fully saturated rings. The summed E-state index contributed by atoms with van der Waals surface area (Å²) in [5.74, 6) is 0.633. The average molecular weight is 483 g/mol. The molecule has 0 spiro atoms. The Bertz CT molecular complexity index is 1090. The molecule has 0 unspecified atom stereocenters. The highest BCUT2D eigenvalue weighted by atomic mass is 35.5. The molecule has 31 heavy (non-hydrogen) atoms. The lowest BCUT2D eigenvalue weighted by Crippen LogP contribution is -2.19. The van der Waals surface area contributed by atoms with Crippen LogP contribution in [0.4, 0.5) is 0 Å². The minimum Gasteiger partial charge on any atom is -0.504 e. The Labute approximate surface area is 191 Å². The lowest BCUT2D eigenvalue weighted by atomic mass is 10.2. The number of thioether (sulfide) groups is 1. The molecule has 12 heteroatoms. The fourth-order valence-corrected chi connectivity index (χ4v) is 3.24. The smallest absolute Gasteiger partial charge is 0.277 e. The van der Waals surface area contributed by atoms with E-state index in [-0.39, 0.29) is 35.1 Å². The summed E-state index contributed by atoms with van der Waals surface area (Å²) in [5.41, 5.74) is 3.03. The van der Waals surface area contributed by atoms with Gasteiger partial charge in [0.1, 0.15) is 5.75 Å². The van der Waals surface area contributed by atoms with Gasteiger partial charge in [0.15, 0.2) is 18.1 Å². The number of hydrazone groups is 1. The molecule has 0 aliphatic rings. The molecule has 0 radical (unpaired) electrons. The molecule has 1 heterocycles. The summed E-state index contributed by atoms with van der Waals surface area (Å²) in [7, 11) is 1.44. The van der Waals surface area contributed by atoms with Crippen molar-refractivity contribution in [2.24, 2.45) is 5.10 Å². The molecule has 3 aromatic rings. The van der Waals surface area contributed by atoms with Crippen molar-refractivity contribution in [1.82, 2.24) is 15.6 Å². The number of aromatic hydroxyl groups is 1. The summed E-state index contributed by atoms with van der Waals surface area (Å²) in [6.45, 7) is 0.0154. The third kappa shape index (κ3) is 6.78. The van der Waals surface area contributed by atoms with Crippen LogP contribution >= 0.6 is 35.0 Å². The highest BCUT2D eigenvalue weighted by Crippen LogP contribution is 2.28. The van der Waals surface area contributed by atoms with Crippen molar-refractivity contribution >= 4 is 47.1 Å². The third-order valence-electron chi connectivity index (χ3n) is 3.63. The van der Waals surface area contributed by atoms with Crippen molar-refractivity contribution in [2.45, 2.75) is 11.8 Å². The Morgan fingerprint density at radius 3 is 2.87 bits per heavy atom. The number of carbonyl (C=O) groups excluding carboxylic acids is 1. The Balaban J connectivity index is 1.44. The first-order chi connectivity index (χ1) is 14.9. The predicted molar refractivity (Wildman–Crippen MR) is 116 cm³/mol. The van der Waals surface area contributed by atoms with Gasteiger partial charge in [-0.15, -0.1) is 10.2 Å². The zero-order valence-corrected chi connectivity index (χ0v) is 18.4. The number of halogens is 2. The van der Waals surface area contributed by atoms with E-state index in [9.17, 15) is 9.90 Å². The van der Waals surface area contributed by atoms with Crippen LogP contribution in [0.3, 0.4) is 0 Å². The molecule has 0 aliphatic heterocycles. The molecule has 0 saturated heterocycles. The van der Waals surface area contributed by atoms with E-state index in [2.05, 4.69) is 20.7 Å². The van der Waals surface area contributed by atoms with Gasteiger partial charge in [-0.1, -0.05) is 35.0 Å². The number of rotatable bonds is 9. The molecule has 0 saturated carbocycles. The lowest BCUT2D eigenvalue weighted by Gasteiger charge is -2.05. The van der Waals surface area contributed by atoms with Crippen molar-refractivity contribution < 1.29 is 23.8 Å². The van der Waals surface area contributed by atoms with E-state index in [1.165, 1.54) is 19.4 Å². The molecule has 9 nitrogen and oxygen atoms in total. The number of hydrogen-bond acceptors (Lipinski definition) is 9. The zero-order chi connectivity index (χ0) is 22.2. The molecular weight excluding hydrogens is 467 g/mol. The summed E-state index contributed by atoms with van der Waals surface area (Å²) in [5, 5.41) is 22.2. The van der Waals surface area contributed by atoms with Gasteiger partial charge in [0.05, 0.1) is 24.1 Å². The van der Waals surface area contributed by atoms with E-state index in [4.69, 9.17) is 37.1 Å². The highest BCUT2D eigenvalue weighted by Gasteiger charge is 2.11. The van der Waals surface area contributed by atoms with Gasteiger partial charge in [-0.25, -0.2) is 5.43 Å². The van der Waals surface area contributed by atoms with E-state index in [1.54, 1.807) is 30.3 Å². The number of carbonyl (C=O) groups is 1. The second kappa shape index (κ2) is 10.9. The molecule has 3 rings (SSSR count). The van der Waals surface area contributed by atoms with Gasteiger partial charge in [-0.05, 0) is 42.0 Å². The van der Waals surface area contributed by atoms with E-state index < -0.39 is 0 Å². The van der Waals surface area contributed by atoms with Crippen LogP contribution in [0, 0.1) is 0 Å². The Morgan fingerprint density at radius 2 is 2.10 bits per heavy atom. The van der Waals surface area contributed by atoms with Crippen LogP contribution < -0.4 is 14.9 Å². The number of amides is 1. The lowest BCUT2D eigenvalue weighted by molar-refractivity contribution is -0.118. The second-order valence-electron chi connectivity index (χ2n) is 5.84. The van der Waals surface area contributed by atoms with Crippen LogP contribution in [0.15, 0.2) is 51.1 Å². The van der Waals surface area contributed by atoms with E-state index in [0.717, 1.165) is 11.8 Å². The minimum absolute atomic E-state index is 0.0145. The number of nitrogens with zero attached hydrogens (tertiary/aromatic N) is 3. The zero-order valence-electron chi connectivity index (χ0n) is 16.0. The number of methoxy groups -OCH3 is 1. The van der Waals surface area contributed by atoms with Crippen LogP contribution in [-0.2, 0) is 11.4 Å². The average Bonchev–Trinajstić information content (AvgIpc) is 3.20. The normalized spacial score (nSPS) is 10.9. The Kier molecular flexibility index (Phi) is 7.99. The summed E-state index contributed by atoms with van der Waals surface area (Å²) in [4.78, 5) is 11.9. The number of benzene rings is 2. The van der Waals surface area contributed by atoms with Crippen LogP contribution in [0.25, 0.3) is 0 Å². The van der Waals surface area contributed by atoms with Gasteiger partial charge < -0.3 is 19.0 Å². The van der Waals surface area contributed by atoms with E-state index in [0.29, 0.717) is 27.1 Å². The molecule has 1 aromatic heterocycles. The topological polar surface area (TPSA) is 119 Å². The SMILES string of the molecule is COc1cc(/C=N\NC(=O)CSc2nnc(COc3ccc(Cl)cc3Cl)o2)ccc1O. The molecule has 1 amide bonds. The van der Waals surface area contributed by atoms with Crippen LogP contribution in [0.2, 0.25) is 10.0 Å². The Hall–Kier alpha value is -2.95. The summed E-state index contributed by atoms with van der Waals surface area (Å²) in [6.07, 6.45) is 1.43. The number of phenols is 1. The van der Waals surface area contributed by atoms with Gasteiger partial charge in [-0.3, -0.25) is 4.79 Å². The van der Waals surface area contributed by atoms with Gasteiger partial charge in [0.2, 0.25) is 0 Å². The monoisotopic (exact) mass is 482 g/mol. The van der Waals surface area contributed by atoms with Gasteiger partial charge >= 0.3 is 0 Å². The first kappa shape index (κ1) is 22.7. The molecule has 0 atom stereocenters. The molecule has 2 N–H and O–H groups in total. The van der Waals surface area contributed by atoms with Crippen molar-refractivity contribution in [1.29, 1.82) is 0 Å². The summed E-state index contributed by atoms with van der Waals surface area (Å²) >= 11 is 12.9.